The van der Waals surface area contributed by atoms with Gasteiger partial charge >= 0.3 is 0 Å². The Bertz CT molecular complexity index is 707. The zero-order valence-electron chi connectivity index (χ0n) is 13.8. The molecule has 1 aliphatic carbocycles. The van der Waals surface area contributed by atoms with E-state index in [0.29, 0.717) is 12.0 Å². The van der Waals surface area contributed by atoms with Gasteiger partial charge < -0.3 is 10.6 Å². The summed E-state index contributed by atoms with van der Waals surface area (Å²) < 4.78 is 0. The first-order valence-corrected chi connectivity index (χ1v) is 9.06. The van der Waals surface area contributed by atoms with Crippen LogP contribution >= 0.6 is 0 Å². The van der Waals surface area contributed by atoms with Crippen LogP contribution in [0.4, 0.5) is 11.4 Å². The molecule has 3 heteroatoms. The quantitative estimate of drug-likeness (QED) is 0.826. The van der Waals surface area contributed by atoms with Crippen LogP contribution in [0.2, 0.25) is 0 Å². The standard InChI is InChI=1S/C21H23N3/c1-2-15(20-13-22-14-23-20)12-21(11-1)16-3-7-18(8-4-16)24-19-9-5-17(21)6-10-19/h3-10,14-15,20,24H,1-2,11-13H2,(H,22,23). The number of aliphatic imine (C=N–C) groups is 1. The molecule has 122 valence electrons. The third-order valence-corrected chi connectivity index (χ3v) is 6.20. The van der Waals surface area contributed by atoms with Gasteiger partial charge in [0.2, 0.25) is 0 Å². The van der Waals surface area contributed by atoms with Crippen LogP contribution in [0.25, 0.3) is 0 Å². The van der Waals surface area contributed by atoms with Gasteiger partial charge in [0, 0.05) is 22.8 Å². The maximum Gasteiger partial charge on any atom is 0.0827 e. The van der Waals surface area contributed by atoms with E-state index in [1.807, 2.05) is 6.34 Å². The van der Waals surface area contributed by atoms with Crippen molar-refractivity contribution < 1.29 is 0 Å². The molecule has 8 rings (SSSR count). The summed E-state index contributed by atoms with van der Waals surface area (Å²) in [7, 11) is 0. The Hall–Kier alpha value is -2.29. The molecule has 0 radical (unpaired) electrons. The van der Waals surface area contributed by atoms with Crippen molar-refractivity contribution >= 4 is 17.7 Å². The third-order valence-electron chi connectivity index (χ3n) is 6.20. The fourth-order valence-electron chi connectivity index (χ4n) is 4.92. The first kappa shape index (κ1) is 14.1. The van der Waals surface area contributed by atoms with E-state index in [4.69, 9.17) is 0 Å². The van der Waals surface area contributed by atoms with Crippen LogP contribution in [0, 0.1) is 5.92 Å². The highest BCUT2D eigenvalue weighted by Gasteiger charge is 2.42. The molecule has 1 saturated carbocycles. The summed E-state index contributed by atoms with van der Waals surface area (Å²) in [5, 5.41) is 6.96. The minimum absolute atomic E-state index is 0.140. The number of anilines is 2. The Morgan fingerprint density at radius 2 is 1.58 bits per heavy atom. The average molecular weight is 317 g/mol. The molecule has 0 amide bonds. The fraction of sp³-hybridized carbons (Fsp3) is 0.381. The molecule has 2 aromatic rings. The maximum absolute atomic E-state index is 4.41. The summed E-state index contributed by atoms with van der Waals surface area (Å²) in [6, 6.07) is 18.8. The monoisotopic (exact) mass is 317 g/mol. The number of hydrogen-bond donors (Lipinski definition) is 2. The van der Waals surface area contributed by atoms with Gasteiger partial charge in [0.15, 0.2) is 0 Å². The summed E-state index contributed by atoms with van der Waals surface area (Å²) in [5.74, 6) is 0.682. The van der Waals surface area contributed by atoms with Gasteiger partial charge in [0.1, 0.15) is 0 Å². The Labute approximate surface area is 143 Å². The number of nitrogens with one attached hydrogen (secondary N) is 2. The molecule has 0 saturated heterocycles. The Morgan fingerprint density at radius 1 is 0.917 bits per heavy atom. The molecule has 1 fully saturated rings. The number of benzene rings is 2. The van der Waals surface area contributed by atoms with Crippen molar-refractivity contribution in [2.45, 2.75) is 37.1 Å². The lowest BCUT2D eigenvalue weighted by Crippen LogP contribution is -2.42. The molecule has 24 heavy (non-hydrogen) atoms. The van der Waals surface area contributed by atoms with Gasteiger partial charge in [-0.3, -0.25) is 4.99 Å². The molecule has 2 aromatic carbocycles. The minimum atomic E-state index is 0.140. The zero-order chi connectivity index (χ0) is 16.0. The van der Waals surface area contributed by atoms with Crippen molar-refractivity contribution in [3.63, 3.8) is 0 Å². The summed E-state index contributed by atoms with van der Waals surface area (Å²) in [5.41, 5.74) is 5.41. The van der Waals surface area contributed by atoms with Crippen LogP contribution in [-0.4, -0.2) is 18.9 Å². The smallest absolute Gasteiger partial charge is 0.0827 e. The van der Waals surface area contributed by atoms with E-state index in [-0.39, 0.29) is 5.41 Å². The van der Waals surface area contributed by atoms with Crippen molar-refractivity contribution in [3.05, 3.63) is 59.7 Å². The van der Waals surface area contributed by atoms with Gasteiger partial charge in [-0.2, -0.15) is 0 Å². The van der Waals surface area contributed by atoms with Crippen molar-refractivity contribution in [2.24, 2.45) is 10.9 Å². The number of rotatable bonds is 1. The van der Waals surface area contributed by atoms with Gasteiger partial charge in [0.25, 0.3) is 0 Å². The highest BCUT2D eigenvalue weighted by molar-refractivity contribution is 5.63. The predicted octanol–water partition coefficient (Wildman–Crippen LogP) is 4.22. The summed E-state index contributed by atoms with van der Waals surface area (Å²) >= 11 is 0. The number of hydrogen-bond acceptors (Lipinski definition) is 3. The highest BCUT2D eigenvalue weighted by Crippen LogP contribution is 2.48. The lowest BCUT2D eigenvalue weighted by molar-refractivity contribution is 0.223. The van der Waals surface area contributed by atoms with Crippen molar-refractivity contribution in [2.75, 3.05) is 11.9 Å². The van der Waals surface area contributed by atoms with Crippen LogP contribution in [0.15, 0.2) is 53.5 Å². The van der Waals surface area contributed by atoms with E-state index in [1.165, 1.54) is 48.2 Å². The van der Waals surface area contributed by atoms with Gasteiger partial charge in [-0.15, -0.1) is 0 Å². The van der Waals surface area contributed by atoms with Crippen molar-refractivity contribution in [1.29, 1.82) is 0 Å². The minimum Gasteiger partial charge on any atom is -0.372 e. The van der Waals surface area contributed by atoms with E-state index in [2.05, 4.69) is 64.2 Å². The SMILES string of the molecule is C1=NCC(C2CCCC3(C2)c2ccc(cc2)Nc2ccc3cc2)N1. The largest absolute Gasteiger partial charge is 0.372 e. The molecule has 5 heterocycles. The van der Waals surface area contributed by atoms with Crippen molar-refractivity contribution in [3.8, 4) is 0 Å². The van der Waals surface area contributed by atoms with E-state index < -0.39 is 0 Å². The second-order valence-corrected chi connectivity index (χ2v) is 7.49. The second kappa shape index (κ2) is 5.37. The fourth-order valence-corrected chi connectivity index (χ4v) is 4.92. The van der Waals surface area contributed by atoms with Crippen LogP contribution < -0.4 is 10.6 Å². The first-order valence-electron chi connectivity index (χ1n) is 9.06. The Kier molecular flexibility index (Phi) is 3.15. The van der Waals surface area contributed by atoms with Crippen LogP contribution in [0.1, 0.15) is 36.8 Å². The molecule has 4 bridgehead atoms. The molecule has 3 nitrogen and oxygen atoms in total. The summed E-state index contributed by atoms with van der Waals surface area (Å²) in [6.45, 7) is 0.933. The normalized spacial score (nSPS) is 26.3. The third kappa shape index (κ3) is 2.15. The van der Waals surface area contributed by atoms with E-state index in [0.717, 1.165) is 6.54 Å². The summed E-state index contributed by atoms with van der Waals surface area (Å²) in [4.78, 5) is 4.41. The van der Waals surface area contributed by atoms with Gasteiger partial charge in [-0.1, -0.05) is 30.7 Å². The average Bonchev–Trinajstić information content (AvgIpc) is 3.18. The van der Waals surface area contributed by atoms with Gasteiger partial charge in [-0.05, 0) is 60.6 Å². The van der Waals surface area contributed by atoms with Crippen LogP contribution in [0.3, 0.4) is 0 Å². The molecular formula is C21H23N3. The van der Waals surface area contributed by atoms with E-state index in [9.17, 15) is 0 Å². The van der Waals surface area contributed by atoms with E-state index >= 15 is 0 Å². The van der Waals surface area contributed by atoms with Crippen LogP contribution in [0.5, 0.6) is 0 Å². The first-order chi connectivity index (χ1) is 11.8. The topological polar surface area (TPSA) is 36.4 Å². The van der Waals surface area contributed by atoms with Crippen LogP contribution in [-0.2, 0) is 5.41 Å². The molecule has 5 aliphatic heterocycles. The second-order valence-electron chi connectivity index (χ2n) is 7.49. The molecule has 2 N–H and O–H groups in total. The van der Waals surface area contributed by atoms with Crippen molar-refractivity contribution in [1.82, 2.24) is 5.32 Å². The molecule has 1 spiro atoms. The molecule has 0 aromatic heterocycles. The van der Waals surface area contributed by atoms with E-state index in [1.54, 1.807) is 0 Å². The molecule has 2 unspecified atom stereocenters. The molecule has 2 atom stereocenters. The maximum atomic E-state index is 4.41. The zero-order valence-corrected chi connectivity index (χ0v) is 13.8. The lowest BCUT2D eigenvalue weighted by atomic mass is 9.61. The Balaban J connectivity index is 1.61. The highest BCUT2D eigenvalue weighted by atomic mass is 15.1. The van der Waals surface area contributed by atoms with Gasteiger partial charge in [0.05, 0.1) is 12.9 Å². The lowest BCUT2D eigenvalue weighted by Gasteiger charge is -2.44. The molecular weight excluding hydrogens is 294 g/mol. The molecule has 6 aliphatic rings. The van der Waals surface area contributed by atoms with Gasteiger partial charge in [-0.25, -0.2) is 0 Å². The predicted molar refractivity (Wildman–Crippen MR) is 99.2 cm³/mol. The summed E-state index contributed by atoms with van der Waals surface area (Å²) in [6.07, 6.45) is 6.93. The Morgan fingerprint density at radius 3 is 2.17 bits per heavy atom. The number of nitrogens with zero attached hydrogens (tertiary/aromatic N) is 1.